The van der Waals surface area contributed by atoms with Crippen LogP contribution >= 0.6 is 0 Å². The Kier molecular flexibility index (Phi) is 9.86. The Morgan fingerprint density at radius 1 is 1.58 bits per heavy atom. The van der Waals surface area contributed by atoms with Crippen molar-refractivity contribution in [1.82, 2.24) is 6.15 Å². The Labute approximate surface area is 73.5 Å². The molecule has 0 fully saturated rings. The summed E-state index contributed by atoms with van der Waals surface area (Å²) in [5, 5.41) is 9.15. The molecule has 1 atom stereocenters. The Bertz CT molecular complexity index is 117. The first-order valence-electron chi connectivity index (χ1n) is 3.98. The van der Waals surface area contributed by atoms with Crippen LogP contribution in [0.4, 0.5) is 0 Å². The highest BCUT2D eigenvalue weighted by Gasteiger charge is 2.04. The van der Waals surface area contributed by atoms with Gasteiger partial charge in [-0.2, -0.15) is 0 Å². The molecule has 0 heterocycles. The molecule has 0 rings (SSSR count). The molecule has 0 aliphatic rings. The SMILES string of the molecule is CCCCC(O)COC(C)=O.N. The topological polar surface area (TPSA) is 81.5 Å². The summed E-state index contributed by atoms with van der Waals surface area (Å²) in [4.78, 5) is 10.3. The van der Waals surface area contributed by atoms with E-state index in [1.54, 1.807) is 0 Å². The fourth-order valence-corrected chi connectivity index (χ4v) is 0.737. The van der Waals surface area contributed by atoms with Gasteiger partial charge in [0.05, 0.1) is 6.10 Å². The average Bonchev–Trinajstić information content (AvgIpc) is 1.97. The largest absolute Gasteiger partial charge is 0.463 e. The van der Waals surface area contributed by atoms with E-state index in [0.717, 1.165) is 12.8 Å². The summed E-state index contributed by atoms with van der Waals surface area (Å²) in [6.45, 7) is 3.53. The highest BCUT2D eigenvalue weighted by molar-refractivity contribution is 5.65. The lowest BCUT2D eigenvalue weighted by Crippen LogP contribution is -2.16. The monoisotopic (exact) mass is 177 g/mol. The second kappa shape index (κ2) is 8.49. The van der Waals surface area contributed by atoms with E-state index in [1.165, 1.54) is 6.92 Å². The van der Waals surface area contributed by atoms with Crippen LogP contribution in [0, 0.1) is 0 Å². The molecule has 0 amide bonds. The summed E-state index contributed by atoms with van der Waals surface area (Å²) in [6.07, 6.45) is 2.25. The average molecular weight is 177 g/mol. The number of carbonyl (C=O) groups excluding carboxylic acids is 1. The molecular formula is C8H19NO3. The second-order valence-electron chi connectivity index (χ2n) is 2.60. The Morgan fingerprint density at radius 2 is 2.17 bits per heavy atom. The van der Waals surface area contributed by atoms with Crippen LogP contribution in [0.5, 0.6) is 0 Å². The minimum absolute atomic E-state index is 0. The number of unbranched alkanes of at least 4 members (excludes halogenated alkanes) is 1. The third kappa shape index (κ3) is 9.39. The molecule has 0 aliphatic heterocycles. The standard InChI is InChI=1S/C8H16O3.H3N/c1-3-4-5-8(10)6-11-7(2)9;/h8,10H,3-6H2,1-2H3;1H3. The Hall–Kier alpha value is -0.610. The van der Waals surface area contributed by atoms with Gasteiger partial charge in [0.1, 0.15) is 6.61 Å². The molecule has 4 heteroatoms. The van der Waals surface area contributed by atoms with Crippen molar-refractivity contribution >= 4 is 5.97 Å². The van der Waals surface area contributed by atoms with Gasteiger partial charge in [0.2, 0.25) is 0 Å². The molecule has 0 saturated carbocycles. The molecule has 74 valence electrons. The van der Waals surface area contributed by atoms with Crippen molar-refractivity contribution in [3.63, 3.8) is 0 Å². The van der Waals surface area contributed by atoms with Crippen molar-refractivity contribution in [3.05, 3.63) is 0 Å². The van der Waals surface area contributed by atoms with E-state index in [2.05, 4.69) is 11.7 Å². The van der Waals surface area contributed by atoms with Gasteiger partial charge in [-0.1, -0.05) is 19.8 Å². The van der Waals surface area contributed by atoms with E-state index >= 15 is 0 Å². The fourth-order valence-electron chi connectivity index (χ4n) is 0.737. The maximum atomic E-state index is 10.3. The van der Waals surface area contributed by atoms with Crippen LogP contribution in [0.25, 0.3) is 0 Å². The van der Waals surface area contributed by atoms with Gasteiger partial charge in [-0.05, 0) is 6.42 Å². The normalized spacial score (nSPS) is 11.6. The predicted octanol–water partition coefficient (Wildman–Crippen LogP) is 1.26. The van der Waals surface area contributed by atoms with Crippen LogP contribution in [0.1, 0.15) is 33.1 Å². The third-order valence-corrected chi connectivity index (χ3v) is 1.37. The fraction of sp³-hybridized carbons (Fsp3) is 0.875. The van der Waals surface area contributed by atoms with Crippen LogP contribution < -0.4 is 6.15 Å². The number of carbonyl (C=O) groups is 1. The molecule has 0 aliphatic carbocycles. The Balaban J connectivity index is 0. The maximum Gasteiger partial charge on any atom is 0.302 e. The first-order chi connectivity index (χ1) is 5.16. The summed E-state index contributed by atoms with van der Waals surface area (Å²) < 4.78 is 4.61. The smallest absolute Gasteiger partial charge is 0.302 e. The first kappa shape index (κ1) is 13.9. The van der Waals surface area contributed by atoms with Crippen LogP contribution in [0.2, 0.25) is 0 Å². The molecule has 4 N–H and O–H groups in total. The second-order valence-corrected chi connectivity index (χ2v) is 2.60. The zero-order valence-corrected chi connectivity index (χ0v) is 7.88. The first-order valence-corrected chi connectivity index (χ1v) is 3.98. The van der Waals surface area contributed by atoms with Crippen molar-refractivity contribution < 1.29 is 14.6 Å². The molecule has 0 spiro atoms. The van der Waals surface area contributed by atoms with Crippen molar-refractivity contribution in [3.8, 4) is 0 Å². The van der Waals surface area contributed by atoms with E-state index < -0.39 is 6.10 Å². The van der Waals surface area contributed by atoms with E-state index in [9.17, 15) is 4.79 Å². The third-order valence-electron chi connectivity index (χ3n) is 1.37. The highest BCUT2D eigenvalue weighted by atomic mass is 16.5. The zero-order valence-electron chi connectivity index (χ0n) is 7.88. The maximum absolute atomic E-state index is 10.3. The molecule has 0 bridgehead atoms. The molecule has 1 unspecified atom stereocenters. The summed E-state index contributed by atoms with van der Waals surface area (Å²) in [5.41, 5.74) is 0. The van der Waals surface area contributed by atoms with E-state index in [-0.39, 0.29) is 18.7 Å². The van der Waals surface area contributed by atoms with Crippen molar-refractivity contribution in [2.24, 2.45) is 0 Å². The van der Waals surface area contributed by atoms with E-state index in [1.807, 2.05) is 0 Å². The molecule has 0 aromatic carbocycles. The summed E-state index contributed by atoms with van der Waals surface area (Å²) >= 11 is 0. The molecule has 4 nitrogen and oxygen atoms in total. The minimum atomic E-state index is -0.487. The summed E-state index contributed by atoms with van der Waals surface area (Å²) in [6, 6.07) is 0. The number of hydrogen-bond donors (Lipinski definition) is 2. The van der Waals surface area contributed by atoms with E-state index in [4.69, 9.17) is 5.11 Å². The summed E-state index contributed by atoms with van der Waals surface area (Å²) in [5.74, 6) is -0.333. The quantitative estimate of drug-likeness (QED) is 0.619. The van der Waals surface area contributed by atoms with Gasteiger partial charge in [-0.15, -0.1) is 0 Å². The molecule has 0 aromatic rings. The molecular weight excluding hydrogens is 158 g/mol. The molecule has 0 aromatic heterocycles. The number of ether oxygens (including phenoxy) is 1. The molecule has 0 saturated heterocycles. The van der Waals surface area contributed by atoms with Crippen molar-refractivity contribution in [2.75, 3.05) is 6.61 Å². The number of aliphatic hydroxyl groups excluding tert-OH is 1. The van der Waals surface area contributed by atoms with Gasteiger partial charge >= 0.3 is 5.97 Å². The molecule has 0 radical (unpaired) electrons. The lowest BCUT2D eigenvalue weighted by Gasteiger charge is -2.08. The molecule has 12 heavy (non-hydrogen) atoms. The van der Waals surface area contributed by atoms with Gasteiger partial charge in [-0.25, -0.2) is 0 Å². The lowest BCUT2D eigenvalue weighted by molar-refractivity contribution is -0.144. The predicted molar refractivity (Wildman–Crippen MR) is 47.2 cm³/mol. The zero-order chi connectivity index (χ0) is 8.69. The van der Waals surface area contributed by atoms with E-state index in [0.29, 0.717) is 6.42 Å². The van der Waals surface area contributed by atoms with Crippen molar-refractivity contribution in [1.29, 1.82) is 0 Å². The number of aliphatic hydroxyl groups is 1. The van der Waals surface area contributed by atoms with Gasteiger partial charge in [0.25, 0.3) is 0 Å². The number of rotatable bonds is 5. The van der Waals surface area contributed by atoms with Crippen LogP contribution in [-0.2, 0) is 9.53 Å². The number of esters is 1. The van der Waals surface area contributed by atoms with Gasteiger partial charge in [-0.3, -0.25) is 4.79 Å². The van der Waals surface area contributed by atoms with Crippen molar-refractivity contribution in [2.45, 2.75) is 39.2 Å². The Morgan fingerprint density at radius 3 is 2.58 bits per heavy atom. The minimum Gasteiger partial charge on any atom is -0.463 e. The summed E-state index contributed by atoms with van der Waals surface area (Å²) in [7, 11) is 0. The lowest BCUT2D eigenvalue weighted by atomic mass is 10.2. The van der Waals surface area contributed by atoms with Gasteiger partial charge in [0, 0.05) is 6.92 Å². The van der Waals surface area contributed by atoms with Gasteiger partial charge < -0.3 is 16.0 Å². The van der Waals surface area contributed by atoms with Crippen LogP contribution in [-0.4, -0.2) is 23.8 Å². The van der Waals surface area contributed by atoms with Gasteiger partial charge in [0.15, 0.2) is 0 Å². The van der Waals surface area contributed by atoms with Crippen LogP contribution in [0.15, 0.2) is 0 Å². The highest BCUT2D eigenvalue weighted by Crippen LogP contribution is 2.00. The number of hydrogen-bond acceptors (Lipinski definition) is 4. The van der Waals surface area contributed by atoms with Crippen LogP contribution in [0.3, 0.4) is 0 Å².